The lowest BCUT2D eigenvalue weighted by Gasteiger charge is -2.49. The van der Waals surface area contributed by atoms with E-state index < -0.39 is 40.5 Å². The van der Waals surface area contributed by atoms with Crippen LogP contribution in [-0.2, 0) is 24.6 Å². The van der Waals surface area contributed by atoms with Gasteiger partial charge in [0.15, 0.2) is 11.5 Å². The van der Waals surface area contributed by atoms with E-state index in [4.69, 9.17) is 4.74 Å². The molecule has 6 unspecified atom stereocenters. The molecular weight excluding hydrogens is 618 g/mol. The normalized spacial score (nSPS) is 28.0. The van der Waals surface area contributed by atoms with Crippen molar-refractivity contribution < 1.29 is 29.0 Å². The Morgan fingerprint density at radius 2 is 1.63 bits per heavy atom. The zero-order valence-corrected chi connectivity index (χ0v) is 28.3. The van der Waals surface area contributed by atoms with Gasteiger partial charge in [-0.1, -0.05) is 77.9 Å². The summed E-state index contributed by atoms with van der Waals surface area (Å²) in [5.74, 6) is -3.88. The SMILES string of the molecule is COc1cc(C=CC2C3=CCC4C(=O)N(C(C)(C)C)C(=O)C4C3CC3C(=O)N(Nc4ccc(C)cc4)C(=O)C23c2ccccc2)ccc1O. The number of carbonyl (C=O) groups excluding carboxylic acids is 4. The third kappa shape index (κ3) is 4.97. The minimum atomic E-state index is -1.34. The molecular formula is C40H41N3O6. The maximum Gasteiger partial charge on any atom is 0.260 e. The fourth-order valence-corrected chi connectivity index (χ4v) is 8.66. The van der Waals surface area contributed by atoms with Crippen LogP contribution >= 0.6 is 0 Å². The Morgan fingerprint density at radius 1 is 0.918 bits per heavy atom. The number of anilines is 1. The highest BCUT2D eigenvalue weighted by Gasteiger charge is 2.69. The summed E-state index contributed by atoms with van der Waals surface area (Å²) in [7, 11) is 1.48. The van der Waals surface area contributed by atoms with Gasteiger partial charge in [0.2, 0.25) is 11.8 Å². The monoisotopic (exact) mass is 659 g/mol. The topological polar surface area (TPSA) is 116 Å². The van der Waals surface area contributed by atoms with Crippen LogP contribution in [0.2, 0.25) is 0 Å². The van der Waals surface area contributed by atoms with E-state index in [1.165, 1.54) is 12.0 Å². The van der Waals surface area contributed by atoms with Crippen LogP contribution < -0.4 is 10.2 Å². The van der Waals surface area contributed by atoms with Gasteiger partial charge in [-0.2, -0.15) is 5.01 Å². The number of imide groups is 2. The fraction of sp³-hybridized carbons (Fsp3) is 0.350. The van der Waals surface area contributed by atoms with Crippen molar-refractivity contribution in [2.24, 2.45) is 29.6 Å². The fourth-order valence-electron chi connectivity index (χ4n) is 8.66. The third-order valence-corrected chi connectivity index (χ3v) is 10.8. The van der Waals surface area contributed by atoms with Gasteiger partial charge in [0.1, 0.15) is 0 Å². The minimum Gasteiger partial charge on any atom is -0.504 e. The number of ether oxygens (including phenoxy) is 1. The van der Waals surface area contributed by atoms with Gasteiger partial charge < -0.3 is 9.84 Å². The molecule has 49 heavy (non-hydrogen) atoms. The van der Waals surface area contributed by atoms with Gasteiger partial charge in [-0.3, -0.25) is 29.5 Å². The first-order valence-corrected chi connectivity index (χ1v) is 16.8. The first-order valence-electron chi connectivity index (χ1n) is 16.8. The number of phenols is 1. The quantitative estimate of drug-likeness (QED) is 0.245. The summed E-state index contributed by atoms with van der Waals surface area (Å²) in [4.78, 5) is 59.1. The number of allylic oxidation sites excluding steroid dienone is 3. The maximum absolute atomic E-state index is 15.1. The summed E-state index contributed by atoms with van der Waals surface area (Å²) in [6.45, 7) is 7.55. The molecule has 252 valence electrons. The second-order valence-corrected chi connectivity index (χ2v) is 14.6. The number of fused-ring (bicyclic) bond motifs is 4. The predicted octanol–water partition coefficient (Wildman–Crippen LogP) is 6.04. The smallest absolute Gasteiger partial charge is 0.260 e. The van der Waals surface area contributed by atoms with E-state index in [0.717, 1.165) is 21.7 Å². The molecule has 7 rings (SSSR count). The molecule has 2 saturated heterocycles. The van der Waals surface area contributed by atoms with Crippen molar-refractivity contribution in [3.63, 3.8) is 0 Å². The largest absolute Gasteiger partial charge is 0.504 e. The summed E-state index contributed by atoms with van der Waals surface area (Å²) >= 11 is 0. The standard InChI is InChI=1S/C40H41N3O6/c1-23-11-15-26(16-12-23)41-43-36(46)31-22-29-27(17-18-28-34(29)37(47)42(35(28)45)39(2,3)4)30(19-13-24-14-20-32(44)33(21-24)49-5)40(31,38(43)48)25-9-7-6-8-10-25/h6-17,19-21,28-31,34,41,44H,18,22H2,1-5H3. The summed E-state index contributed by atoms with van der Waals surface area (Å²) in [5, 5.41) is 11.4. The van der Waals surface area contributed by atoms with Gasteiger partial charge in [0.25, 0.3) is 11.8 Å². The van der Waals surface area contributed by atoms with Crippen LogP contribution in [0.4, 0.5) is 5.69 Å². The van der Waals surface area contributed by atoms with Gasteiger partial charge in [0.05, 0.1) is 36.0 Å². The van der Waals surface area contributed by atoms with Crippen molar-refractivity contribution in [2.75, 3.05) is 12.5 Å². The highest BCUT2D eigenvalue weighted by atomic mass is 16.5. The number of hydrogen-bond acceptors (Lipinski definition) is 7. The second kappa shape index (κ2) is 11.8. The Kier molecular flexibility index (Phi) is 7.77. The molecule has 0 aromatic heterocycles. The van der Waals surface area contributed by atoms with Crippen LogP contribution in [0.25, 0.3) is 6.08 Å². The number of hydrogen-bond donors (Lipinski definition) is 2. The van der Waals surface area contributed by atoms with Gasteiger partial charge in [-0.15, -0.1) is 0 Å². The van der Waals surface area contributed by atoms with Crippen molar-refractivity contribution in [1.29, 1.82) is 0 Å². The van der Waals surface area contributed by atoms with Gasteiger partial charge in [-0.05, 0) is 81.8 Å². The molecule has 9 heteroatoms. The number of amides is 4. The summed E-state index contributed by atoms with van der Waals surface area (Å²) in [5.41, 5.74) is 5.05. The first-order chi connectivity index (χ1) is 23.4. The molecule has 0 radical (unpaired) electrons. The number of benzene rings is 3. The van der Waals surface area contributed by atoms with Crippen LogP contribution in [0.15, 0.2) is 90.5 Å². The van der Waals surface area contributed by atoms with Gasteiger partial charge >= 0.3 is 0 Å². The molecule has 3 aromatic carbocycles. The molecule has 0 spiro atoms. The number of aromatic hydroxyl groups is 1. The van der Waals surface area contributed by atoms with E-state index in [-0.39, 0.29) is 35.8 Å². The number of nitrogens with zero attached hydrogens (tertiary/aromatic N) is 2. The van der Waals surface area contributed by atoms with E-state index in [0.29, 0.717) is 23.4 Å². The molecule has 1 saturated carbocycles. The molecule has 3 fully saturated rings. The van der Waals surface area contributed by atoms with E-state index >= 15 is 4.79 Å². The molecule has 2 aliphatic heterocycles. The Morgan fingerprint density at radius 3 is 2.31 bits per heavy atom. The molecule has 4 aliphatic rings. The number of likely N-dealkylation sites (tertiary alicyclic amines) is 1. The highest BCUT2D eigenvalue weighted by molar-refractivity contribution is 6.13. The summed E-state index contributed by atoms with van der Waals surface area (Å²) < 4.78 is 5.35. The van der Waals surface area contributed by atoms with Crippen LogP contribution in [0.1, 0.15) is 50.3 Å². The number of nitrogens with one attached hydrogen (secondary N) is 1. The van der Waals surface area contributed by atoms with Gasteiger partial charge in [0, 0.05) is 11.5 Å². The summed E-state index contributed by atoms with van der Waals surface area (Å²) in [6.07, 6.45) is 6.49. The number of hydrazine groups is 1. The summed E-state index contributed by atoms with van der Waals surface area (Å²) in [6, 6.07) is 21.9. The molecule has 2 N–H and O–H groups in total. The Bertz CT molecular complexity index is 1910. The Labute approximate surface area is 286 Å². The number of rotatable bonds is 6. The van der Waals surface area contributed by atoms with Crippen molar-refractivity contribution in [1.82, 2.24) is 9.91 Å². The lowest BCUT2D eigenvalue weighted by atomic mass is 9.50. The number of carbonyl (C=O) groups is 4. The molecule has 3 aromatic rings. The van der Waals surface area contributed by atoms with Crippen LogP contribution in [-0.4, -0.2) is 51.3 Å². The third-order valence-electron chi connectivity index (χ3n) is 10.8. The van der Waals surface area contributed by atoms with E-state index in [2.05, 4.69) is 5.43 Å². The van der Waals surface area contributed by atoms with Crippen molar-refractivity contribution in [3.05, 3.63) is 107 Å². The van der Waals surface area contributed by atoms with Crippen LogP contribution in [0.3, 0.4) is 0 Å². The number of aryl methyl sites for hydroxylation is 1. The average Bonchev–Trinajstić information content (AvgIpc) is 3.47. The van der Waals surface area contributed by atoms with Crippen molar-refractivity contribution in [2.45, 2.75) is 51.5 Å². The minimum absolute atomic E-state index is 0.00133. The van der Waals surface area contributed by atoms with Crippen molar-refractivity contribution in [3.8, 4) is 11.5 Å². The molecule has 0 bridgehead atoms. The molecule has 2 aliphatic carbocycles. The number of methoxy groups -OCH3 is 1. The van der Waals surface area contributed by atoms with Crippen molar-refractivity contribution >= 4 is 35.4 Å². The lowest BCUT2D eigenvalue weighted by Crippen LogP contribution is -2.54. The lowest BCUT2D eigenvalue weighted by molar-refractivity contribution is -0.146. The van der Waals surface area contributed by atoms with E-state index in [1.807, 2.05) is 101 Å². The van der Waals surface area contributed by atoms with E-state index in [9.17, 15) is 19.5 Å². The first kappa shape index (κ1) is 32.4. The molecule has 9 nitrogen and oxygen atoms in total. The van der Waals surface area contributed by atoms with E-state index in [1.54, 1.807) is 18.2 Å². The van der Waals surface area contributed by atoms with Gasteiger partial charge in [-0.25, -0.2) is 0 Å². The predicted molar refractivity (Wildman–Crippen MR) is 185 cm³/mol. The maximum atomic E-state index is 15.1. The Hall–Kier alpha value is -5.18. The Balaban J connectivity index is 1.41. The molecule has 4 amide bonds. The zero-order chi connectivity index (χ0) is 34.8. The second-order valence-electron chi connectivity index (χ2n) is 14.6. The molecule has 6 atom stereocenters. The average molecular weight is 660 g/mol. The highest BCUT2D eigenvalue weighted by Crippen LogP contribution is 2.61. The van der Waals surface area contributed by atoms with Crippen LogP contribution in [0.5, 0.6) is 11.5 Å². The molecule has 2 heterocycles. The number of phenolic OH excluding ortho intramolecular Hbond substituents is 1. The zero-order valence-electron chi connectivity index (χ0n) is 28.3. The van der Waals surface area contributed by atoms with Crippen LogP contribution in [0, 0.1) is 36.5 Å².